The fourth-order valence-electron chi connectivity index (χ4n) is 1.30. The molecule has 0 saturated heterocycles. The second-order valence-electron chi connectivity index (χ2n) is 3.14. The van der Waals surface area contributed by atoms with Gasteiger partial charge in [0.15, 0.2) is 5.82 Å². The molecule has 78 valence electrons. The molecule has 2 heterocycles. The molecule has 2 aromatic rings. The molecule has 0 saturated carbocycles. The van der Waals surface area contributed by atoms with Crippen molar-refractivity contribution >= 4 is 0 Å². The minimum absolute atomic E-state index is 0.203. The Morgan fingerprint density at radius 2 is 2.40 bits per heavy atom. The van der Waals surface area contributed by atoms with Crippen LogP contribution >= 0.6 is 0 Å². The highest BCUT2D eigenvalue weighted by molar-refractivity contribution is 5.30. The van der Waals surface area contributed by atoms with Crippen molar-refractivity contribution in [3.05, 3.63) is 40.2 Å². The zero-order valence-corrected chi connectivity index (χ0v) is 8.27. The van der Waals surface area contributed by atoms with Crippen LogP contribution in [0.2, 0.25) is 0 Å². The summed E-state index contributed by atoms with van der Waals surface area (Å²) in [6, 6.07) is 3.67. The van der Waals surface area contributed by atoms with Crippen molar-refractivity contribution in [2.24, 2.45) is 5.73 Å². The number of nitrogens with one attached hydrogen (secondary N) is 1. The van der Waals surface area contributed by atoms with Gasteiger partial charge in [-0.2, -0.15) is 4.68 Å². The van der Waals surface area contributed by atoms with Crippen molar-refractivity contribution in [1.29, 1.82) is 0 Å². The lowest BCUT2D eigenvalue weighted by Crippen LogP contribution is -2.18. The zero-order valence-electron chi connectivity index (χ0n) is 8.27. The van der Waals surface area contributed by atoms with Crippen LogP contribution in [0.15, 0.2) is 23.1 Å². The molecule has 0 aromatic carbocycles. The maximum Gasteiger partial charge on any atom is 0.349 e. The first-order chi connectivity index (χ1) is 7.22. The van der Waals surface area contributed by atoms with E-state index in [2.05, 4.69) is 15.1 Å². The van der Waals surface area contributed by atoms with E-state index in [9.17, 15) is 4.79 Å². The molecule has 0 amide bonds. The van der Waals surface area contributed by atoms with Crippen LogP contribution < -0.4 is 11.4 Å². The second-order valence-corrected chi connectivity index (χ2v) is 3.14. The van der Waals surface area contributed by atoms with Gasteiger partial charge in [-0.1, -0.05) is 6.07 Å². The van der Waals surface area contributed by atoms with Crippen LogP contribution in [-0.4, -0.2) is 19.7 Å². The molecule has 2 aromatic heterocycles. The molecule has 0 atom stereocenters. The normalized spacial score (nSPS) is 10.5. The molecule has 0 radical (unpaired) electrons. The maximum atomic E-state index is 11.5. The molecule has 0 spiro atoms. The van der Waals surface area contributed by atoms with E-state index in [1.807, 2.05) is 13.0 Å². The monoisotopic (exact) mass is 205 g/mol. The number of hydrogen-bond donors (Lipinski definition) is 2. The van der Waals surface area contributed by atoms with E-state index in [0.717, 1.165) is 5.56 Å². The van der Waals surface area contributed by atoms with Crippen molar-refractivity contribution in [2.45, 2.75) is 13.5 Å². The van der Waals surface area contributed by atoms with Gasteiger partial charge in [-0.25, -0.2) is 9.78 Å². The number of nitrogens with two attached hydrogens (primary N) is 1. The fraction of sp³-hybridized carbons (Fsp3) is 0.222. The van der Waals surface area contributed by atoms with Gasteiger partial charge < -0.3 is 5.73 Å². The van der Waals surface area contributed by atoms with Crippen LogP contribution in [0.25, 0.3) is 5.82 Å². The summed E-state index contributed by atoms with van der Waals surface area (Å²) in [6.45, 7) is 2.07. The van der Waals surface area contributed by atoms with Crippen molar-refractivity contribution in [2.75, 3.05) is 0 Å². The van der Waals surface area contributed by atoms with E-state index in [-0.39, 0.29) is 12.2 Å². The smallest absolute Gasteiger partial charge is 0.324 e. The largest absolute Gasteiger partial charge is 0.349 e. The van der Waals surface area contributed by atoms with Gasteiger partial charge in [-0.3, -0.25) is 4.98 Å². The SMILES string of the molecule is Cc1cccnc1-n1nc(CN)[nH]c1=O. The maximum absolute atomic E-state index is 11.5. The molecule has 0 aliphatic heterocycles. The van der Waals surface area contributed by atoms with Crippen LogP contribution in [0.5, 0.6) is 0 Å². The van der Waals surface area contributed by atoms with Gasteiger partial charge in [0.1, 0.15) is 5.82 Å². The van der Waals surface area contributed by atoms with Gasteiger partial charge in [0.25, 0.3) is 0 Å². The van der Waals surface area contributed by atoms with E-state index in [0.29, 0.717) is 11.6 Å². The molecule has 0 bridgehead atoms. The lowest BCUT2D eigenvalue weighted by atomic mass is 10.3. The van der Waals surface area contributed by atoms with Gasteiger partial charge in [-0.05, 0) is 18.6 Å². The van der Waals surface area contributed by atoms with Crippen molar-refractivity contribution in [1.82, 2.24) is 19.7 Å². The summed E-state index contributed by atoms with van der Waals surface area (Å²) in [6.07, 6.45) is 1.62. The van der Waals surface area contributed by atoms with E-state index in [4.69, 9.17) is 5.73 Å². The first-order valence-corrected chi connectivity index (χ1v) is 4.52. The molecular formula is C9H11N5O. The van der Waals surface area contributed by atoms with Crippen LogP contribution in [-0.2, 0) is 6.54 Å². The quantitative estimate of drug-likeness (QED) is 0.705. The summed E-state index contributed by atoms with van der Waals surface area (Å²) in [5.74, 6) is 0.975. The minimum atomic E-state index is -0.322. The summed E-state index contributed by atoms with van der Waals surface area (Å²) in [4.78, 5) is 18.1. The Hall–Kier alpha value is -1.95. The number of pyridine rings is 1. The minimum Gasteiger partial charge on any atom is -0.324 e. The molecule has 15 heavy (non-hydrogen) atoms. The first-order valence-electron chi connectivity index (χ1n) is 4.52. The number of H-pyrrole nitrogens is 1. The Morgan fingerprint density at radius 1 is 1.60 bits per heavy atom. The van der Waals surface area contributed by atoms with Gasteiger partial charge in [-0.15, -0.1) is 5.10 Å². The summed E-state index contributed by atoms with van der Waals surface area (Å²) < 4.78 is 1.22. The number of hydrogen-bond acceptors (Lipinski definition) is 4. The van der Waals surface area contributed by atoms with Gasteiger partial charge in [0.05, 0.1) is 6.54 Å². The highest BCUT2D eigenvalue weighted by Gasteiger charge is 2.08. The lowest BCUT2D eigenvalue weighted by molar-refractivity contribution is 0.784. The highest BCUT2D eigenvalue weighted by Crippen LogP contribution is 2.05. The van der Waals surface area contributed by atoms with Crippen LogP contribution in [0.1, 0.15) is 11.4 Å². The summed E-state index contributed by atoms with van der Waals surface area (Å²) in [5, 5.41) is 4.02. The Morgan fingerprint density at radius 3 is 3.00 bits per heavy atom. The summed E-state index contributed by atoms with van der Waals surface area (Å²) in [5.41, 5.74) is 5.94. The third kappa shape index (κ3) is 1.66. The molecular weight excluding hydrogens is 194 g/mol. The van der Waals surface area contributed by atoms with E-state index in [1.165, 1.54) is 4.68 Å². The predicted molar refractivity (Wildman–Crippen MR) is 54.6 cm³/mol. The Balaban J connectivity index is 2.59. The van der Waals surface area contributed by atoms with E-state index >= 15 is 0 Å². The number of aromatic amines is 1. The van der Waals surface area contributed by atoms with Crippen LogP contribution in [0, 0.1) is 6.92 Å². The number of nitrogens with zero attached hydrogens (tertiary/aromatic N) is 3. The number of rotatable bonds is 2. The topological polar surface area (TPSA) is 89.6 Å². The molecule has 0 aliphatic rings. The molecule has 3 N–H and O–H groups in total. The van der Waals surface area contributed by atoms with Crippen molar-refractivity contribution in [3.8, 4) is 5.82 Å². The first kappa shape index (κ1) is 9.60. The number of aromatic nitrogens is 4. The molecule has 6 heteroatoms. The third-order valence-electron chi connectivity index (χ3n) is 2.04. The highest BCUT2D eigenvalue weighted by atomic mass is 16.2. The van der Waals surface area contributed by atoms with Gasteiger partial charge in [0.2, 0.25) is 0 Å². The Kier molecular flexibility index (Phi) is 2.34. The Labute approximate surface area is 85.8 Å². The van der Waals surface area contributed by atoms with Gasteiger partial charge >= 0.3 is 5.69 Å². The van der Waals surface area contributed by atoms with Crippen molar-refractivity contribution in [3.63, 3.8) is 0 Å². The average molecular weight is 205 g/mol. The molecule has 2 rings (SSSR count). The fourth-order valence-corrected chi connectivity index (χ4v) is 1.30. The van der Waals surface area contributed by atoms with Crippen LogP contribution in [0.3, 0.4) is 0 Å². The molecule has 0 fully saturated rings. The molecule has 0 unspecified atom stereocenters. The van der Waals surface area contributed by atoms with E-state index < -0.39 is 0 Å². The molecule has 0 aliphatic carbocycles. The predicted octanol–water partition coefficient (Wildman–Crippen LogP) is -0.277. The standard InChI is InChI=1S/C9H11N5O/c1-6-3-2-4-11-8(6)14-9(15)12-7(5-10)13-14/h2-4H,5,10H2,1H3,(H,12,13,15). The summed E-state index contributed by atoms with van der Waals surface area (Å²) >= 11 is 0. The average Bonchev–Trinajstić information content (AvgIpc) is 2.60. The second kappa shape index (κ2) is 3.66. The zero-order chi connectivity index (χ0) is 10.8. The van der Waals surface area contributed by atoms with E-state index in [1.54, 1.807) is 12.3 Å². The number of aryl methyl sites for hydroxylation is 1. The van der Waals surface area contributed by atoms with Gasteiger partial charge in [0, 0.05) is 6.20 Å². The van der Waals surface area contributed by atoms with Crippen LogP contribution in [0.4, 0.5) is 0 Å². The lowest BCUT2D eigenvalue weighted by Gasteiger charge is -2.00. The third-order valence-corrected chi connectivity index (χ3v) is 2.04. The summed E-state index contributed by atoms with van der Waals surface area (Å²) in [7, 11) is 0. The molecule has 6 nitrogen and oxygen atoms in total. The van der Waals surface area contributed by atoms with Crippen molar-refractivity contribution < 1.29 is 0 Å². The Bertz CT molecular complexity index is 527.